The first kappa shape index (κ1) is 35.3. The summed E-state index contributed by atoms with van der Waals surface area (Å²) in [6, 6.07) is 27.6. The van der Waals surface area contributed by atoms with Crippen LogP contribution in [0.4, 0.5) is 19.1 Å². The van der Waals surface area contributed by atoms with Gasteiger partial charge in [0.15, 0.2) is 24.1 Å². The van der Waals surface area contributed by atoms with E-state index in [9.17, 15) is 26.4 Å². The Morgan fingerprint density at radius 2 is 1.46 bits per heavy atom. The van der Waals surface area contributed by atoms with Crippen molar-refractivity contribution in [2.24, 2.45) is 0 Å². The van der Waals surface area contributed by atoms with E-state index in [2.05, 4.69) is 15.0 Å². The molecule has 0 bridgehead atoms. The van der Waals surface area contributed by atoms with E-state index in [0.29, 0.717) is 21.7 Å². The summed E-state index contributed by atoms with van der Waals surface area (Å²) in [4.78, 5) is 25.1. The van der Waals surface area contributed by atoms with Crippen LogP contribution in [0.15, 0.2) is 102 Å². The van der Waals surface area contributed by atoms with Gasteiger partial charge in [0, 0.05) is 6.92 Å². The first-order valence-electron chi connectivity index (χ1n) is 15.0. The Hall–Kier alpha value is -4.55. The summed E-state index contributed by atoms with van der Waals surface area (Å²) in [6.07, 6.45) is -3.99. The number of benzene rings is 3. The van der Waals surface area contributed by atoms with Crippen LogP contribution < -0.4 is 5.73 Å². The molecule has 2 N–H and O–H groups in total. The molecule has 3 aromatic carbocycles. The van der Waals surface area contributed by atoms with E-state index >= 15 is 0 Å². The molecule has 17 heteroatoms. The minimum atomic E-state index is -6.25. The predicted octanol–water partition coefficient (Wildman–Crippen LogP) is 5.20. The van der Waals surface area contributed by atoms with Gasteiger partial charge in [0.1, 0.15) is 22.2 Å². The zero-order chi connectivity index (χ0) is 35.7. The van der Waals surface area contributed by atoms with Crippen LogP contribution in [0.3, 0.4) is 0 Å². The number of nitrogens with zero attached hydrogens (tertiary/aromatic N) is 4. The molecule has 0 spiro atoms. The molecule has 262 valence electrons. The van der Waals surface area contributed by atoms with Gasteiger partial charge in [-0.15, -0.1) is 11.8 Å². The number of alkyl halides is 3. The number of hydrogen-bond acceptors (Lipinski definition) is 12. The lowest BCUT2D eigenvalue weighted by atomic mass is 9.80. The van der Waals surface area contributed by atoms with E-state index in [0.717, 1.165) is 6.92 Å². The maximum absolute atomic E-state index is 13.8. The van der Waals surface area contributed by atoms with Crippen LogP contribution in [0.25, 0.3) is 11.2 Å². The van der Waals surface area contributed by atoms with Gasteiger partial charge < -0.3 is 19.9 Å². The van der Waals surface area contributed by atoms with E-state index in [1.165, 1.54) is 22.7 Å². The summed E-state index contributed by atoms with van der Waals surface area (Å²) in [6.45, 7) is 0.590. The summed E-state index contributed by atoms with van der Waals surface area (Å²) in [5.41, 5.74) is 1.10. The Morgan fingerprint density at radius 3 is 1.94 bits per heavy atom. The maximum atomic E-state index is 13.8. The topological polar surface area (TPSA) is 158 Å². The standard InChI is InChI=1S/C33H30F3N5O7S2/c1-20(42)46-26-24(18-45-32(21-12-6-3-7-13-21,22-14-8-4-9-15-22)23-16-10-5-11-17-23)47-30(27(26)48-50(43,44)33(34,35)36)41-19-38-25-28(41)39-31(37)40-29(25)49-2/h3-17,19,24,26-27,30H,18H2,1-2H3,(H2,37,39,40)/t24-,26-,27-,30-/m1/s1. The number of nitrogen functional groups attached to an aromatic ring is 1. The zero-order valence-corrected chi connectivity index (χ0v) is 28.1. The average Bonchev–Trinajstić information content (AvgIpc) is 3.65. The van der Waals surface area contributed by atoms with Crippen molar-refractivity contribution in [2.45, 2.75) is 47.6 Å². The van der Waals surface area contributed by atoms with Crippen molar-refractivity contribution in [3.8, 4) is 0 Å². The number of carbonyl (C=O) groups excluding carboxylic acids is 1. The predicted molar refractivity (Wildman–Crippen MR) is 176 cm³/mol. The lowest BCUT2D eigenvalue weighted by molar-refractivity contribution is -0.155. The summed E-state index contributed by atoms with van der Waals surface area (Å²) in [7, 11) is -6.25. The molecule has 0 aliphatic carbocycles. The van der Waals surface area contributed by atoms with Crippen LogP contribution in [0, 0.1) is 0 Å². The molecule has 6 rings (SSSR count). The Balaban J connectivity index is 1.49. The number of esters is 1. The second-order valence-electron chi connectivity index (χ2n) is 11.1. The van der Waals surface area contributed by atoms with Gasteiger partial charge in [-0.25, -0.2) is 9.97 Å². The number of hydrogen-bond donors (Lipinski definition) is 1. The normalized spacial score (nSPS) is 19.9. The molecule has 0 unspecified atom stereocenters. The van der Waals surface area contributed by atoms with Gasteiger partial charge >= 0.3 is 21.6 Å². The minimum absolute atomic E-state index is 0.0141. The smallest absolute Gasteiger partial charge is 0.457 e. The lowest BCUT2D eigenvalue weighted by Gasteiger charge is -2.37. The van der Waals surface area contributed by atoms with Crippen LogP contribution in [-0.2, 0) is 38.9 Å². The highest BCUT2D eigenvalue weighted by Gasteiger charge is 2.57. The van der Waals surface area contributed by atoms with Crippen molar-refractivity contribution < 1.29 is 44.8 Å². The quantitative estimate of drug-likeness (QED) is 0.0474. The third-order valence-electron chi connectivity index (χ3n) is 7.99. The van der Waals surface area contributed by atoms with Gasteiger partial charge in [0.25, 0.3) is 0 Å². The van der Waals surface area contributed by atoms with Crippen LogP contribution in [-0.4, -0.2) is 70.6 Å². The third kappa shape index (κ3) is 6.66. The van der Waals surface area contributed by atoms with Crippen molar-refractivity contribution in [1.29, 1.82) is 0 Å². The summed E-state index contributed by atoms with van der Waals surface area (Å²) < 4.78 is 90.9. The van der Waals surface area contributed by atoms with E-state index in [-0.39, 0.29) is 17.1 Å². The molecule has 0 amide bonds. The largest absolute Gasteiger partial charge is 0.523 e. The Bertz CT molecular complexity index is 1980. The number of thioether (sulfide) groups is 1. The zero-order valence-electron chi connectivity index (χ0n) is 26.4. The molecular weight excluding hydrogens is 700 g/mol. The van der Waals surface area contributed by atoms with E-state index in [1.807, 2.05) is 91.0 Å². The van der Waals surface area contributed by atoms with Gasteiger partial charge in [-0.3, -0.25) is 13.5 Å². The highest BCUT2D eigenvalue weighted by molar-refractivity contribution is 7.98. The second kappa shape index (κ2) is 14.0. The number of anilines is 1. The van der Waals surface area contributed by atoms with Crippen molar-refractivity contribution in [2.75, 3.05) is 18.6 Å². The number of imidazole rings is 1. The molecular formula is C33H30F3N5O7S2. The molecule has 2 aromatic heterocycles. The maximum Gasteiger partial charge on any atom is 0.523 e. The fraction of sp³-hybridized carbons (Fsp3) is 0.273. The highest BCUT2D eigenvalue weighted by Crippen LogP contribution is 2.44. The number of halogens is 3. The summed E-state index contributed by atoms with van der Waals surface area (Å²) >= 11 is 1.18. The Morgan fingerprint density at radius 1 is 0.920 bits per heavy atom. The Kier molecular flexibility index (Phi) is 9.87. The van der Waals surface area contributed by atoms with E-state index in [4.69, 9.17) is 24.1 Å². The molecule has 1 saturated heterocycles. The van der Waals surface area contributed by atoms with Gasteiger partial charge in [0.2, 0.25) is 5.95 Å². The third-order valence-corrected chi connectivity index (χ3v) is 9.70. The summed E-state index contributed by atoms with van der Waals surface area (Å²) in [5, 5.41) is 0.347. The van der Waals surface area contributed by atoms with E-state index in [1.54, 1.807) is 6.26 Å². The van der Waals surface area contributed by atoms with Crippen molar-refractivity contribution >= 4 is 45.0 Å². The van der Waals surface area contributed by atoms with Gasteiger partial charge in [0.05, 0.1) is 12.9 Å². The van der Waals surface area contributed by atoms with Gasteiger partial charge in [-0.05, 0) is 22.9 Å². The fourth-order valence-electron chi connectivity index (χ4n) is 5.91. The molecule has 50 heavy (non-hydrogen) atoms. The molecule has 12 nitrogen and oxygen atoms in total. The number of nitrogens with two attached hydrogens (primary N) is 1. The second-order valence-corrected chi connectivity index (χ2v) is 13.5. The molecule has 0 radical (unpaired) electrons. The molecule has 5 aromatic rings. The molecule has 1 aliphatic rings. The molecule has 1 fully saturated rings. The highest BCUT2D eigenvalue weighted by atomic mass is 32.2. The van der Waals surface area contributed by atoms with Crippen molar-refractivity contribution in [3.63, 3.8) is 0 Å². The fourth-order valence-corrected chi connectivity index (χ4v) is 7.04. The number of aromatic nitrogens is 4. The first-order chi connectivity index (χ1) is 23.9. The molecule has 1 aliphatic heterocycles. The summed E-state index contributed by atoms with van der Waals surface area (Å²) in [5.74, 6) is -1.12. The van der Waals surface area contributed by atoms with Crippen molar-refractivity contribution in [3.05, 3.63) is 114 Å². The minimum Gasteiger partial charge on any atom is -0.457 e. The van der Waals surface area contributed by atoms with Crippen LogP contribution in [0.1, 0.15) is 29.8 Å². The first-order valence-corrected chi connectivity index (χ1v) is 17.7. The number of rotatable bonds is 11. The molecule has 3 heterocycles. The van der Waals surface area contributed by atoms with Crippen LogP contribution in [0.5, 0.6) is 0 Å². The van der Waals surface area contributed by atoms with Crippen LogP contribution in [0.2, 0.25) is 0 Å². The SMILES string of the molecule is CSc1nc(N)nc2c1ncn2[C@@H]1O[C@H](COC(c2ccccc2)(c2ccccc2)c2ccccc2)[C@@H](OC(C)=O)[C@H]1OS(=O)(=O)C(F)(F)F. The lowest BCUT2D eigenvalue weighted by Crippen LogP contribution is -2.44. The van der Waals surface area contributed by atoms with Crippen molar-refractivity contribution in [1.82, 2.24) is 19.5 Å². The monoisotopic (exact) mass is 729 g/mol. The van der Waals surface area contributed by atoms with Crippen LogP contribution >= 0.6 is 11.8 Å². The number of ether oxygens (including phenoxy) is 3. The number of fused-ring (bicyclic) bond motifs is 1. The van der Waals surface area contributed by atoms with Gasteiger partial charge in [-0.1, -0.05) is 91.0 Å². The Labute approximate surface area is 288 Å². The average molecular weight is 730 g/mol. The number of carbonyl (C=O) groups is 1. The molecule has 0 saturated carbocycles. The van der Waals surface area contributed by atoms with E-state index < -0.39 is 58.3 Å². The molecule has 4 atom stereocenters. The van der Waals surface area contributed by atoms with Gasteiger partial charge in [-0.2, -0.15) is 26.6 Å².